The molecule has 1 aliphatic rings. The average molecular weight is 662 g/mol. The number of hydrogen-bond donors (Lipinski definition) is 1. The summed E-state index contributed by atoms with van der Waals surface area (Å²) in [5.41, 5.74) is 0.342. The molecule has 0 radical (unpaired) electrons. The van der Waals surface area contributed by atoms with E-state index in [0.717, 1.165) is 24.6 Å². The van der Waals surface area contributed by atoms with E-state index in [4.69, 9.17) is 9.47 Å². The summed E-state index contributed by atoms with van der Waals surface area (Å²) in [6.45, 7) is 0.449. The number of esters is 2. The van der Waals surface area contributed by atoms with Crippen LogP contribution in [0, 0.1) is 0 Å². The number of phenols is 1. The van der Waals surface area contributed by atoms with Gasteiger partial charge < -0.3 is 24.2 Å². The Kier molecular flexibility index (Phi) is 10.7. The monoisotopic (exact) mass is 661 g/mol. The number of halogens is 3. The summed E-state index contributed by atoms with van der Waals surface area (Å²) in [7, 11) is -7.04. The lowest BCUT2D eigenvalue weighted by Crippen LogP contribution is -2.28. The van der Waals surface area contributed by atoms with E-state index < -0.39 is 80.1 Å². The van der Waals surface area contributed by atoms with E-state index >= 15 is 0 Å². The van der Waals surface area contributed by atoms with Gasteiger partial charge in [0.15, 0.2) is 19.7 Å². The first-order valence-corrected chi connectivity index (χ1v) is 17.0. The molecule has 0 spiro atoms. The lowest BCUT2D eigenvalue weighted by Gasteiger charge is -2.32. The Balaban J connectivity index is 2.13. The van der Waals surface area contributed by atoms with Gasteiger partial charge in [-0.2, -0.15) is 0 Å². The molecule has 240 valence electrons. The van der Waals surface area contributed by atoms with E-state index in [0.29, 0.717) is 16.7 Å². The van der Waals surface area contributed by atoms with Crippen molar-refractivity contribution in [1.29, 1.82) is 0 Å². The lowest BCUT2D eigenvalue weighted by atomic mass is 9.93. The molecule has 3 rings (SSSR count). The number of benzene rings is 2. The second-order valence-corrected chi connectivity index (χ2v) is 14.5. The average Bonchev–Trinajstić information content (AvgIpc) is 2.87. The topological polar surface area (TPSA) is 154 Å². The first kappa shape index (κ1) is 34.4. The van der Waals surface area contributed by atoms with Crippen LogP contribution in [0.2, 0.25) is 0 Å². The van der Waals surface area contributed by atoms with Crippen LogP contribution >= 0.6 is 0 Å². The molecule has 0 saturated carbocycles. The molecule has 1 aliphatic heterocycles. The summed E-state index contributed by atoms with van der Waals surface area (Å²) in [4.78, 5) is 28.1. The summed E-state index contributed by atoms with van der Waals surface area (Å²) in [5.74, 6) is -3.87. The van der Waals surface area contributed by atoms with Crippen LogP contribution in [0.15, 0.2) is 59.8 Å². The summed E-state index contributed by atoms with van der Waals surface area (Å²) in [5, 5.41) is 10.2. The van der Waals surface area contributed by atoms with Crippen LogP contribution in [0.5, 0.6) is 11.5 Å². The van der Waals surface area contributed by atoms with Crippen LogP contribution in [-0.2, 0) is 45.3 Å². The molecule has 1 N–H and O–H groups in total. The van der Waals surface area contributed by atoms with Crippen molar-refractivity contribution >= 4 is 37.7 Å². The van der Waals surface area contributed by atoms with Gasteiger partial charge in [-0.05, 0) is 54.0 Å². The highest BCUT2D eigenvalue weighted by Crippen LogP contribution is 2.35. The van der Waals surface area contributed by atoms with Crippen molar-refractivity contribution in [3.63, 3.8) is 0 Å². The molecule has 0 bridgehead atoms. The van der Waals surface area contributed by atoms with E-state index in [2.05, 4.69) is 4.74 Å². The Morgan fingerprint density at radius 3 is 2.07 bits per heavy atom. The highest BCUT2D eigenvalue weighted by Gasteiger charge is 2.32. The van der Waals surface area contributed by atoms with Gasteiger partial charge in [-0.1, -0.05) is 18.2 Å². The molecule has 2 aromatic rings. The highest BCUT2D eigenvalue weighted by molar-refractivity contribution is 7.90. The van der Waals surface area contributed by atoms with E-state index in [9.17, 15) is 44.7 Å². The van der Waals surface area contributed by atoms with Crippen molar-refractivity contribution in [3.05, 3.63) is 76.5 Å². The standard InChI is InChI=1S/C28H30F3NO10S2/c1-18-23-15-21(33)8-7-20(23)14-24(26(34)40-9-11-43(2,36)37)25(27(35)41-10-12-44(3,38)39)17-32(18)16-19-5-4-6-22(13-19)42-28(29,30)31/h4-8,13-15,17-18,33H,9-12,16H2,1-3H3. The first-order valence-electron chi connectivity index (χ1n) is 12.9. The van der Waals surface area contributed by atoms with Gasteiger partial charge >= 0.3 is 18.3 Å². The molecule has 0 saturated heterocycles. The molecular formula is C28H30F3NO10S2. The number of sulfone groups is 2. The quantitative estimate of drug-likeness (QED) is 0.353. The second-order valence-electron chi connectivity index (χ2n) is 9.99. The molecule has 0 amide bonds. The van der Waals surface area contributed by atoms with Crippen LogP contribution < -0.4 is 4.74 Å². The normalized spacial score (nSPS) is 15.7. The van der Waals surface area contributed by atoms with Crippen molar-refractivity contribution in [2.24, 2.45) is 0 Å². The number of nitrogens with zero attached hydrogens (tertiary/aromatic N) is 1. The van der Waals surface area contributed by atoms with Gasteiger partial charge in [0, 0.05) is 25.3 Å². The summed E-state index contributed by atoms with van der Waals surface area (Å²) >= 11 is 0. The van der Waals surface area contributed by atoms with Gasteiger partial charge in [0.1, 0.15) is 24.7 Å². The maximum Gasteiger partial charge on any atom is 0.573 e. The number of aromatic hydroxyl groups is 1. The maximum absolute atomic E-state index is 13.3. The fourth-order valence-corrected chi connectivity index (χ4v) is 4.88. The molecule has 0 fully saturated rings. The van der Waals surface area contributed by atoms with E-state index in [1.165, 1.54) is 47.5 Å². The predicted molar refractivity (Wildman–Crippen MR) is 153 cm³/mol. The van der Waals surface area contributed by atoms with Crippen LogP contribution in [-0.4, -0.2) is 82.4 Å². The van der Waals surface area contributed by atoms with Gasteiger partial charge in [-0.3, -0.25) is 0 Å². The summed E-state index contributed by atoms with van der Waals surface area (Å²) < 4.78 is 99.2. The van der Waals surface area contributed by atoms with Crippen LogP contribution in [0.3, 0.4) is 0 Å². The fourth-order valence-electron chi connectivity index (χ4n) is 4.11. The third-order valence-corrected chi connectivity index (χ3v) is 8.03. The zero-order chi connectivity index (χ0) is 32.9. The Bertz CT molecular complexity index is 1680. The number of carbonyl (C=O) groups is 2. The first-order chi connectivity index (χ1) is 20.3. The number of fused-ring (bicyclic) bond motifs is 1. The number of phenolic OH excluding ortho intramolecular Hbond substituents is 1. The number of rotatable bonds is 11. The van der Waals surface area contributed by atoms with Crippen molar-refractivity contribution in [2.75, 3.05) is 37.2 Å². The predicted octanol–water partition coefficient (Wildman–Crippen LogP) is 3.31. The Morgan fingerprint density at radius 1 is 0.909 bits per heavy atom. The van der Waals surface area contributed by atoms with E-state index in [-0.39, 0.29) is 17.9 Å². The van der Waals surface area contributed by atoms with Gasteiger partial charge in [0.25, 0.3) is 0 Å². The number of alkyl halides is 3. The third kappa shape index (κ3) is 10.6. The van der Waals surface area contributed by atoms with Crippen molar-refractivity contribution in [2.45, 2.75) is 25.9 Å². The Hall–Kier alpha value is -4.05. The van der Waals surface area contributed by atoms with Gasteiger partial charge in [-0.15, -0.1) is 13.2 Å². The Labute approximate surface area is 252 Å². The van der Waals surface area contributed by atoms with Gasteiger partial charge in [0.2, 0.25) is 0 Å². The number of ether oxygens (including phenoxy) is 3. The van der Waals surface area contributed by atoms with Crippen LogP contribution in [0.1, 0.15) is 29.7 Å². The van der Waals surface area contributed by atoms with Crippen LogP contribution in [0.4, 0.5) is 13.2 Å². The largest absolute Gasteiger partial charge is 0.573 e. The van der Waals surface area contributed by atoms with Crippen molar-refractivity contribution < 1.29 is 58.9 Å². The second kappa shape index (κ2) is 13.7. The number of carbonyl (C=O) groups excluding carboxylic acids is 2. The zero-order valence-corrected chi connectivity index (χ0v) is 25.5. The minimum atomic E-state index is -4.94. The van der Waals surface area contributed by atoms with E-state index in [1.54, 1.807) is 6.92 Å². The SMILES string of the molecule is CC1c2cc(O)ccc2C=C(C(=O)OCCS(C)(=O)=O)C(C(=O)OCCS(C)(=O)=O)=CN1Cc1cccc(OC(F)(F)F)c1. The molecule has 2 aromatic carbocycles. The summed E-state index contributed by atoms with van der Waals surface area (Å²) in [6.07, 6.45) is -0.568. The lowest BCUT2D eigenvalue weighted by molar-refractivity contribution is -0.274. The Morgan fingerprint density at radius 2 is 1.50 bits per heavy atom. The van der Waals surface area contributed by atoms with Gasteiger partial charge in [-0.25, -0.2) is 26.4 Å². The third-order valence-electron chi connectivity index (χ3n) is 6.21. The molecule has 11 nitrogen and oxygen atoms in total. The van der Waals surface area contributed by atoms with Crippen molar-refractivity contribution in [1.82, 2.24) is 4.90 Å². The zero-order valence-electron chi connectivity index (χ0n) is 23.8. The van der Waals surface area contributed by atoms with Gasteiger partial charge in [0.05, 0.1) is 28.7 Å². The number of hydrogen-bond acceptors (Lipinski definition) is 11. The molecule has 1 unspecified atom stereocenters. The molecule has 1 heterocycles. The minimum Gasteiger partial charge on any atom is -0.508 e. The highest BCUT2D eigenvalue weighted by atomic mass is 32.2. The van der Waals surface area contributed by atoms with E-state index in [1.807, 2.05) is 0 Å². The van der Waals surface area contributed by atoms with Crippen LogP contribution in [0.25, 0.3) is 6.08 Å². The molecule has 1 atom stereocenters. The molecule has 0 aliphatic carbocycles. The maximum atomic E-state index is 13.3. The molecule has 16 heteroatoms. The molecular weight excluding hydrogens is 631 g/mol. The summed E-state index contributed by atoms with van der Waals surface area (Å²) in [6, 6.07) is 8.60. The fraction of sp³-hybridized carbons (Fsp3) is 0.357. The molecule has 0 aromatic heterocycles. The smallest absolute Gasteiger partial charge is 0.508 e. The van der Waals surface area contributed by atoms with Crippen molar-refractivity contribution in [3.8, 4) is 11.5 Å². The minimum absolute atomic E-state index is 0.133. The molecule has 44 heavy (non-hydrogen) atoms.